The standard InChI is InChI=1S/C16H10F5NO4/c17-4-8-11(14(23)24)10(12-9(22-8)5-26-15(12)25)6-2-1-3-7(18)13(6)16(19,20)21/h1-3,10,22H,4-5H2,(H,23,24). The maximum Gasteiger partial charge on any atom is 0.419 e. The summed E-state index contributed by atoms with van der Waals surface area (Å²) in [5.74, 6) is -6.24. The zero-order chi connectivity index (χ0) is 19.2. The molecule has 0 aromatic heterocycles. The fourth-order valence-corrected chi connectivity index (χ4v) is 3.13. The molecule has 26 heavy (non-hydrogen) atoms. The number of ether oxygens (including phenoxy) is 1. The minimum Gasteiger partial charge on any atom is -0.478 e. The number of alkyl halides is 4. The molecule has 0 bridgehead atoms. The molecule has 0 saturated heterocycles. The van der Waals surface area contributed by atoms with Crippen molar-refractivity contribution in [2.45, 2.75) is 12.1 Å². The summed E-state index contributed by atoms with van der Waals surface area (Å²) in [4.78, 5) is 23.6. The smallest absolute Gasteiger partial charge is 0.419 e. The van der Waals surface area contributed by atoms with Crippen molar-refractivity contribution in [2.75, 3.05) is 13.3 Å². The number of carbonyl (C=O) groups is 2. The number of rotatable bonds is 3. The van der Waals surface area contributed by atoms with Gasteiger partial charge in [-0.15, -0.1) is 0 Å². The van der Waals surface area contributed by atoms with Crippen molar-refractivity contribution in [3.63, 3.8) is 0 Å². The van der Waals surface area contributed by atoms with E-state index in [9.17, 15) is 36.6 Å². The molecule has 3 rings (SSSR count). The number of aliphatic carboxylic acids is 1. The van der Waals surface area contributed by atoms with Gasteiger partial charge in [-0.3, -0.25) is 0 Å². The van der Waals surface area contributed by atoms with Gasteiger partial charge in [0, 0.05) is 0 Å². The van der Waals surface area contributed by atoms with Gasteiger partial charge in [-0.2, -0.15) is 13.2 Å². The Morgan fingerprint density at radius 1 is 1.35 bits per heavy atom. The summed E-state index contributed by atoms with van der Waals surface area (Å²) in [5.41, 5.74) is -4.28. The van der Waals surface area contributed by atoms with Gasteiger partial charge in [0.2, 0.25) is 0 Å². The number of esters is 1. The maximum atomic E-state index is 13.9. The van der Waals surface area contributed by atoms with E-state index in [2.05, 4.69) is 5.32 Å². The molecular weight excluding hydrogens is 365 g/mol. The van der Waals surface area contributed by atoms with E-state index in [1.165, 1.54) is 0 Å². The Kier molecular flexibility index (Phi) is 4.21. The zero-order valence-electron chi connectivity index (χ0n) is 12.8. The van der Waals surface area contributed by atoms with Crippen LogP contribution in [0.25, 0.3) is 0 Å². The second kappa shape index (κ2) is 6.11. The number of allylic oxidation sites excluding steroid dienone is 1. The van der Waals surface area contributed by atoms with E-state index in [4.69, 9.17) is 4.74 Å². The molecular formula is C16H10F5NO4. The van der Waals surface area contributed by atoms with Crippen LogP contribution in [0.2, 0.25) is 0 Å². The third-order valence-corrected chi connectivity index (χ3v) is 4.10. The quantitative estimate of drug-likeness (QED) is 0.628. The normalized spacial score (nSPS) is 20.0. The van der Waals surface area contributed by atoms with E-state index in [0.717, 1.165) is 12.1 Å². The molecule has 10 heteroatoms. The lowest BCUT2D eigenvalue weighted by Gasteiger charge is -2.28. The maximum absolute atomic E-state index is 13.9. The average molecular weight is 375 g/mol. The van der Waals surface area contributed by atoms with Crippen LogP contribution in [0.1, 0.15) is 17.0 Å². The van der Waals surface area contributed by atoms with Gasteiger partial charge in [0.15, 0.2) is 0 Å². The van der Waals surface area contributed by atoms with E-state index in [1.807, 2.05) is 0 Å². The number of carbonyl (C=O) groups excluding carboxylic acids is 1. The number of dihydropyridines is 1. The molecule has 2 N–H and O–H groups in total. The Bertz CT molecular complexity index is 872. The number of hydrogen-bond donors (Lipinski definition) is 2. The summed E-state index contributed by atoms with van der Waals surface area (Å²) in [6, 6.07) is 2.38. The van der Waals surface area contributed by atoms with Gasteiger partial charge in [-0.1, -0.05) is 12.1 Å². The molecule has 1 aromatic carbocycles. The Morgan fingerprint density at radius 3 is 2.62 bits per heavy atom. The van der Waals surface area contributed by atoms with Gasteiger partial charge in [-0.25, -0.2) is 18.4 Å². The summed E-state index contributed by atoms with van der Waals surface area (Å²) >= 11 is 0. The average Bonchev–Trinajstić information content (AvgIpc) is 2.92. The predicted molar refractivity (Wildman–Crippen MR) is 75.9 cm³/mol. The summed E-state index contributed by atoms with van der Waals surface area (Å²) in [5, 5.41) is 11.8. The van der Waals surface area contributed by atoms with Gasteiger partial charge in [0.25, 0.3) is 0 Å². The molecule has 0 radical (unpaired) electrons. The number of nitrogens with one attached hydrogen (secondary N) is 1. The molecule has 0 spiro atoms. The van der Waals surface area contributed by atoms with Crippen molar-refractivity contribution in [1.82, 2.24) is 5.32 Å². The van der Waals surface area contributed by atoms with Gasteiger partial charge in [0.1, 0.15) is 19.1 Å². The lowest BCUT2D eigenvalue weighted by molar-refractivity contribution is -0.141. The van der Waals surface area contributed by atoms with E-state index in [0.29, 0.717) is 6.07 Å². The van der Waals surface area contributed by atoms with Crippen molar-refractivity contribution in [3.8, 4) is 0 Å². The van der Waals surface area contributed by atoms with Crippen LogP contribution in [0, 0.1) is 5.82 Å². The van der Waals surface area contributed by atoms with E-state index >= 15 is 0 Å². The molecule has 5 nitrogen and oxygen atoms in total. The van der Waals surface area contributed by atoms with E-state index in [-0.39, 0.29) is 12.3 Å². The molecule has 1 aromatic rings. The predicted octanol–water partition coefficient (Wildman–Crippen LogP) is 2.65. The van der Waals surface area contributed by atoms with Gasteiger partial charge in [-0.05, 0) is 11.6 Å². The molecule has 0 fully saturated rings. The number of carboxylic acids is 1. The third-order valence-electron chi connectivity index (χ3n) is 4.10. The van der Waals surface area contributed by atoms with Crippen LogP contribution in [0.3, 0.4) is 0 Å². The highest BCUT2D eigenvalue weighted by Crippen LogP contribution is 2.46. The van der Waals surface area contributed by atoms with Crippen molar-refractivity contribution in [1.29, 1.82) is 0 Å². The highest BCUT2D eigenvalue weighted by atomic mass is 19.4. The number of cyclic esters (lactones) is 1. The fraction of sp³-hybridized carbons (Fsp3) is 0.250. The molecule has 1 atom stereocenters. The van der Waals surface area contributed by atoms with Crippen LogP contribution in [0.5, 0.6) is 0 Å². The van der Waals surface area contributed by atoms with Crippen LogP contribution in [-0.2, 0) is 20.5 Å². The Morgan fingerprint density at radius 2 is 2.04 bits per heavy atom. The molecule has 0 amide bonds. The number of benzene rings is 1. The molecule has 138 valence electrons. The SMILES string of the molecule is O=C(O)C1=C(CF)NC2=C(C(=O)OC2)C1c1cccc(F)c1C(F)(F)F. The first kappa shape index (κ1) is 17.9. The zero-order valence-corrected chi connectivity index (χ0v) is 12.8. The highest BCUT2D eigenvalue weighted by molar-refractivity contribution is 6.00. The first-order chi connectivity index (χ1) is 12.2. The van der Waals surface area contributed by atoms with E-state index in [1.54, 1.807) is 0 Å². The lowest BCUT2D eigenvalue weighted by Crippen LogP contribution is -2.32. The summed E-state index contributed by atoms with van der Waals surface area (Å²) in [7, 11) is 0. The third kappa shape index (κ3) is 2.71. The first-order valence-corrected chi connectivity index (χ1v) is 7.21. The second-order valence-corrected chi connectivity index (χ2v) is 5.56. The van der Waals surface area contributed by atoms with Gasteiger partial charge in [0.05, 0.1) is 34.0 Å². The summed E-state index contributed by atoms with van der Waals surface area (Å²) in [6.07, 6.45) is -5.16. The largest absolute Gasteiger partial charge is 0.478 e. The molecule has 2 aliphatic heterocycles. The fourth-order valence-electron chi connectivity index (χ4n) is 3.13. The summed E-state index contributed by atoms with van der Waals surface area (Å²) in [6.45, 7) is -1.71. The minimum atomic E-state index is -5.16. The molecule has 2 aliphatic rings. The minimum absolute atomic E-state index is 0.0463. The van der Waals surface area contributed by atoms with Crippen LogP contribution in [-0.4, -0.2) is 30.3 Å². The monoisotopic (exact) mass is 375 g/mol. The van der Waals surface area contributed by atoms with Crippen molar-refractivity contribution >= 4 is 11.9 Å². The van der Waals surface area contributed by atoms with Crippen LogP contribution < -0.4 is 5.32 Å². The Hall–Kier alpha value is -2.91. The molecule has 1 unspecified atom stereocenters. The van der Waals surface area contributed by atoms with Crippen LogP contribution in [0.15, 0.2) is 40.7 Å². The number of halogens is 5. The Balaban J connectivity index is 2.34. The van der Waals surface area contributed by atoms with Crippen molar-refractivity contribution < 1.29 is 41.4 Å². The lowest BCUT2D eigenvalue weighted by atomic mass is 9.78. The van der Waals surface area contributed by atoms with Crippen molar-refractivity contribution in [3.05, 3.63) is 57.7 Å². The number of hydrogen-bond acceptors (Lipinski definition) is 4. The van der Waals surface area contributed by atoms with Gasteiger partial charge >= 0.3 is 18.1 Å². The molecule has 0 aliphatic carbocycles. The second-order valence-electron chi connectivity index (χ2n) is 5.56. The van der Waals surface area contributed by atoms with Gasteiger partial charge < -0.3 is 15.2 Å². The summed E-state index contributed by atoms with van der Waals surface area (Å²) < 4.78 is 72.2. The molecule has 0 saturated carbocycles. The molecule has 2 heterocycles. The van der Waals surface area contributed by atoms with Crippen LogP contribution >= 0.6 is 0 Å². The number of carboxylic acid groups (broad SMARTS) is 1. The topological polar surface area (TPSA) is 75.6 Å². The van der Waals surface area contributed by atoms with Crippen molar-refractivity contribution in [2.24, 2.45) is 0 Å². The van der Waals surface area contributed by atoms with Crippen LogP contribution in [0.4, 0.5) is 22.0 Å². The highest BCUT2D eigenvalue weighted by Gasteiger charge is 2.47. The Labute approximate surface area is 142 Å². The van der Waals surface area contributed by atoms with E-state index < -0.39 is 64.5 Å². The first-order valence-electron chi connectivity index (χ1n) is 7.21.